The number of nitrogens with zero attached hydrogens (tertiary/aromatic N) is 2. The molecule has 2 saturated heterocycles. The van der Waals surface area contributed by atoms with Crippen LogP contribution in [0.1, 0.15) is 12.0 Å². The first kappa shape index (κ1) is 19.6. The number of ether oxygens (including phenoxy) is 1. The number of anilines is 1. The van der Waals surface area contributed by atoms with Gasteiger partial charge in [0, 0.05) is 44.8 Å². The minimum absolute atomic E-state index is 0.000364. The molecule has 0 bridgehead atoms. The van der Waals surface area contributed by atoms with Crippen molar-refractivity contribution in [2.45, 2.75) is 12.6 Å². The third-order valence-corrected chi connectivity index (χ3v) is 4.81. The van der Waals surface area contributed by atoms with E-state index >= 15 is 0 Å². The Morgan fingerprint density at radius 3 is 2.70 bits per heavy atom. The average molecular weight is 385 g/mol. The number of hydrogen-bond acceptors (Lipinski definition) is 4. The molecule has 1 atom stereocenters. The molecular formula is C18H22F3N3O3. The van der Waals surface area contributed by atoms with Crippen molar-refractivity contribution >= 4 is 17.5 Å². The lowest BCUT2D eigenvalue weighted by atomic mass is 10.1. The Bertz CT molecular complexity index is 690. The zero-order valence-electron chi connectivity index (χ0n) is 14.8. The number of nitrogens with one attached hydrogen (secondary N) is 1. The maximum absolute atomic E-state index is 12.9. The fourth-order valence-corrected chi connectivity index (χ4v) is 3.29. The Hall–Kier alpha value is -2.13. The third-order valence-electron chi connectivity index (χ3n) is 4.81. The fourth-order valence-electron chi connectivity index (χ4n) is 3.29. The molecular weight excluding hydrogens is 363 g/mol. The summed E-state index contributed by atoms with van der Waals surface area (Å²) < 4.78 is 43.9. The summed E-state index contributed by atoms with van der Waals surface area (Å²) >= 11 is 0. The van der Waals surface area contributed by atoms with Gasteiger partial charge in [0.15, 0.2) is 0 Å². The summed E-state index contributed by atoms with van der Waals surface area (Å²) in [5.41, 5.74) is -0.648. The molecule has 0 spiro atoms. The average Bonchev–Trinajstić information content (AvgIpc) is 3.04. The van der Waals surface area contributed by atoms with Gasteiger partial charge in [-0.25, -0.2) is 0 Å². The Labute approximate surface area is 155 Å². The number of halogens is 3. The summed E-state index contributed by atoms with van der Waals surface area (Å²) in [6.07, 6.45) is -4.48. The molecule has 0 aliphatic carbocycles. The van der Waals surface area contributed by atoms with Gasteiger partial charge in [0.2, 0.25) is 11.8 Å². The molecule has 0 unspecified atom stereocenters. The maximum atomic E-state index is 12.9. The molecule has 1 aromatic rings. The van der Waals surface area contributed by atoms with Crippen LogP contribution < -0.4 is 10.2 Å². The Morgan fingerprint density at radius 2 is 2.00 bits per heavy atom. The highest BCUT2D eigenvalue weighted by Gasteiger charge is 2.36. The van der Waals surface area contributed by atoms with E-state index in [1.165, 1.54) is 17.0 Å². The standard InChI is InChI=1S/C18H22F3N3O3/c19-18(20,21)14-2-1-3-15(11-14)24-12-13(10-16(24)25)17(26)22-4-5-23-6-8-27-9-7-23/h1-3,11,13H,4-10,12H2,(H,22,26)/t13-/m0/s1. The van der Waals surface area contributed by atoms with Crippen LogP contribution in [0.15, 0.2) is 24.3 Å². The van der Waals surface area contributed by atoms with E-state index in [0.717, 1.165) is 25.2 Å². The Morgan fingerprint density at radius 1 is 1.26 bits per heavy atom. The van der Waals surface area contributed by atoms with Crippen molar-refractivity contribution in [3.8, 4) is 0 Å². The van der Waals surface area contributed by atoms with Gasteiger partial charge in [0.1, 0.15) is 0 Å². The van der Waals surface area contributed by atoms with E-state index in [9.17, 15) is 22.8 Å². The molecule has 9 heteroatoms. The SMILES string of the molecule is O=C(NCCN1CCOCC1)[C@H]1CC(=O)N(c2cccc(C(F)(F)F)c2)C1. The number of rotatable bonds is 5. The summed E-state index contributed by atoms with van der Waals surface area (Å²) in [6.45, 7) is 4.25. The molecule has 2 aliphatic heterocycles. The van der Waals surface area contributed by atoms with Crippen molar-refractivity contribution in [3.63, 3.8) is 0 Å². The second-order valence-corrected chi connectivity index (χ2v) is 6.70. The number of carbonyl (C=O) groups is 2. The summed E-state index contributed by atoms with van der Waals surface area (Å²) in [4.78, 5) is 28.0. The molecule has 2 aliphatic rings. The number of morpholine rings is 1. The van der Waals surface area contributed by atoms with Crippen molar-refractivity contribution in [2.24, 2.45) is 5.92 Å². The smallest absolute Gasteiger partial charge is 0.379 e. The monoisotopic (exact) mass is 385 g/mol. The van der Waals surface area contributed by atoms with Crippen LogP contribution in [-0.2, 0) is 20.5 Å². The van der Waals surface area contributed by atoms with Crippen LogP contribution in [0.5, 0.6) is 0 Å². The molecule has 2 amide bonds. The number of alkyl halides is 3. The van der Waals surface area contributed by atoms with E-state index in [1.54, 1.807) is 0 Å². The van der Waals surface area contributed by atoms with Crippen molar-refractivity contribution in [1.82, 2.24) is 10.2 Å². The topological polar surface area (TPSA) is 61.9 Å². The zero-order valence-corrected chi connectivity index (χ0v) is 14.8. The van der Waals surface area contributed by atoms with E-state index < -0.39 is 17.7 Å². The minimum atomic E-state index is -4.48. The van der Waals surface area contributed by atoms with Crippen molar-refractivity contribution in [1.29, 1.82) is 0 Å². The molecule has 0 aromatic heterocycles. The van der Waals surface area contributed by atoms with Crippen LogP contribution in [0.2, 0.25) is 0 Å². The van der Waals surface area contributed by atoms with Gasteiger partial charge in [-0.15, -0.1) is 0 Å². The Balaban J connectivity index is 1.54. The molecule has 2 fully saturated rings. The number of carbonyl (C=O) groups excluding carboxylic acids is 2. The summed E-state index contributed by atoms with van der Waals surface area (Å²) in [5, 5.41) is 2.82. The van der Waals surface area contributed by atoms with E-state index in [0.29, 0.717) is 26.3 Å². The zero-order chi connectivity index (χ0) is 19.4. The number of hydrogen-bond donors (Lipinski definition) is 1. The van der Waals surface area contributed by atoms with E-state index in [1.807, 2.05) is 0 Å². The van der Waals surface area contributed by atoms with Gasteiger partial charge in [0.25, 0.3) is 0 Å². The second-order valence-electron chi connectivity index (χ2n) is 6.70. The maximum Gasteiger partial charge on any atom is 0.416 e. The molecule has 1 N–H and O–H groups in total. The van der Waals surface area contributed by atoms with Gasteiger partial charge in [0.05, 0.1) is 24.7 Å². The molecule has 3 rings (SSSR count). The fraction of sp³-hybridized carbons (Fsp3) is 0.556. The van der Waals surface area contributed by atoms with Gasteiger partial charge < -0.3 is 15.0 Å². The van der Waals surface area contributed by atoms with E-state index in [4.69, 9.17) is 4.74 Å². The van der Waals surface area contributed by atoms with Gasteiger partial charge in [-0.1, -0.05) is 6.07 Å². The van der Waals surface area contributed by atoms with Crippen LogP contribution in [0.25, 0.3) is 0 Å². The van der Waals surface area contributed by atoms with Crippen LogP contribution in [-0.4, -0.2) is 62.7 Å². The molecule has 0 radical (unpaired) electrons. The van der Waals surface area contributed by atoms with Crippen LogP contribution >= 0.6 is 0 Å². The normalized spacial score (nSPS) is 21.5. The van der Waals surface area contributed by atoms with E-state index in [-0.39, 0.29) is 30.5 Å². The molecule has 0 saturated carbocycles. The first-order chi connectivity index (χ1) is 12.8. The molecule has 148 valence electrons. The lowest BCUT2D eigenvalue weighted by Gasteiger charge is -2.26. The quantitative estimate of drug-likeness (QED) is 0.835. The highest BCUT2D eigenvalue weighted by molar-refractivity contribution is 6.00. The van der Waals surface area contributed by atoms with Gasteiger partial charge in [-0.05, 0) is 18.2 Å². The van der Waals surface area contributed by atoms with Crippen LogP contribution in [0, 0.1) is 5.92 Å². The molecule has 6 nitrogen and oxygen atoms in total. The Kier molecular flexibility index (Phi) is 6.01. The largest absolute Gasteiger partial charge is 0.416 e. The van der Waals surface area contributed by atoms with Crippen molar-refractivity contribution in [3.05, 3.63) is 29.8 Å². The lowest BCUT2D eigenvalue weighted by molar-refractivity contribution is -0.137. The first-order valence-corrected chi connectivity index (χ1v) is 8.90. The highest BCUT2D eigenvalue weighted by atomic mass is 19.4. The molecule has 2 heterocycles. The van der Waals surface area contributed by atoms with Gasteiger partial charge in [-0.2, -0.15) is 13.2 Å². The van der Waals surface area contributed by atoms with Gasteiger partial charge >= 0.3 is 6.18 Å². The molecule has 1 aromatic carbocycles. The lowest BCUT2D eigenvalue weighted by Crippen LogP contribution is -2.42. The number of benzene rings is 1. The van der Waals surface area contributed by atoms with Crippen molar-refractivity contribution in [2.75, 3.05) is 50.8 Å². The van der Waals surface area contributed by atoms with Crippen LogP contribution in [0.4, 0.5) is 18.9 Å². The second kappa shape index (κ2) is 8.26. The summed E-state index contributed by atoms with van der Waals surface area (Å²) in [7, 11) is 0. The van der Waals surface area contributed by atoms with Crippen LogP contribution in [0.3, 0.4) is 0 Å². The summed E-state index contributed by atoms with van der Waals surface area (Å²) in [5.74, 6) is -1.15. The van der Waals surface area contributed by atoms with E-state index in [2.05, 4.69) is 10.2 Å². The predicted octanol–water partition coefficient (Wildman–Crippen LogP) is 1.51. The minimum Gasteiger partial charge on any atom is -0.379 e. The third kappa shape index (κ3) is 4.98. The first-order valence-electron chi connectivity index (χ1n) is 8.90. The molecule has 27 heavy (non-hydrogen) atoms. The van der Waals surface area contributed by atoms with Gasteiger partial charge in [-0.3, -0.25) is 14.5 Å². The summed E-state index contributed by atoms with van der Waals surface area (Å²) in [6, 6.07) is 4.61. The number of amides is 2. The highest BCUT2D eigenvalue weighted by Crippen LogP contribution is 2.33. The van der Waals surface area contributed by atoms with Crippen molar-refractivity contribution < 1.29 is 27.5 Å². The predicted molar refractivity (Wildman–Crippen MR) is 92.2 cm³/mol.